The number of unbranched alkanes of at least 4 members (excludes halogenated alkanes) is 13. The summed E-state index contributed by atoms with van der Waals surface area (Å²) in [6.07, 6.45) is 15.2. The third kappa shape index (κ3) is 46.8. The average Bonchev–Trinajstić information content (AvgIpc) is 1.69. The number of cyclic esters (lactones) is 1. The van der Waals surface area contributed by atoms with Gasteiger partial charge in [0.2, 0.25) is 80.9 Å². The van der Waals surface area contributed by atoms with E-state index in [0.717, 1.165) is 57.2 Å². The Balaban J connectivity index is 1.20. The number of aromatic nitrogens is 5. The molecule has 0 aliphatic carbocycles. The van der Waals surface area contributed by atoms with Crippen LogP contribution in [0.1, 0.15) is 216 Å². The summed E-state index contributed by atoms with van der Waals surface area (Å²) >= 11 is 0. The van der Waals surface area contributed by atoms with Crippen LogP contribution < -0.4 is 96.8 Å². The van der Waals surface area contributed by atoms with E-state index in [0.29, 0.717) is 34.9 Å². The Morgan fingerprint density at radius 1 is 0.557 bits per heavy atom. The highest BCUT2D eigenvalue weighted by Crippen LogP contribution is 2.21. The average molecular weight is 1860 g/mol. The van der Waals surface area contributed by atoms with Gasteiger partial charge in [0.15, 0.2) is 11.9 Å². The van der Waals surface area contributed by atoms with Crippen LogP contribution in [0.5, 0.6) is 0 Å². The predicted molar refractivity (Wildman–Crippen MR) is 483 cm³/mol. The van der Waals surface area contributed by atoms with Gasteiger partial charge in [-0.1, -0.05) is 139 Å². The molecule has 2 aromatic carbocycles. The Kier molecular flexibility index (Phi) is 52.5. The van der Waals surface area contributed by atoms with Gasteiger partial charge < -0.3 is 116 Å². The van der Waals surface area contributed by atoms with Crippen LogP contribution in [-0.4, -0.2) is 260 Å². The number of esters is 1. The summed E-state index contributed by atoms with van der Waals surface area (Å²) in [6.45, 7) is -0.337. The molecule has 131 heavy (non-hydrogen) atoms. The van der Waals surface area contributed by atoms with E-state index in [1.165, 1.54) is 32.1 Å². The first-order valence-electron chi connectivity index (χ1n) is 45.2. The number of aromatic amines is 2. The van der Waals surface area contributed by atoms with Crippen LogP contribution in [0, 0.1) is 10.8 Å². The molecule has 0 unspecified atom stereocenters. The van der Waals surface area contributed by atoms with E-state index in [4.69, 9.17) is 48.0 Å². The highest BCUT2D eigenvalue weighted by molar-refractivity contribution is 7.90. The lowest BCUT2D eigenvalue weighted by Crippen LogP contribution is -2.61. The van der Waals surface area contributed by atoms with Gasteiger partial charge in [-0.25, -0.2) is 18.3 Å². The number of fused-ring (bicyclic) bond motifs is 1. The van der Waals surface area contributed by atoms with Crippen LogP contribution >= 0.6 is 0 Å². The van der Waals surface area contributed by atoms with E-state index >= 15 is 9.59 Å². The number of tetrazole rings is 1. The number of nitrogens with zero attached hydrogens (tertiary/aromatic N) is 3. The molecule has 2 aromatic heterocycles. The molecule has 9 atom stereocenters. The number of hydrogen-bond acceptors (Lipinski definition) is 25. The molecule has 0 spiro atoms. The molecule has 46 heteroatoms. The number of benzene rings is 2. The molecule has 3 heterocycles. The second-order valence-corrected chi connectivity index (χ2v) is 34.0. The molecule has 45 nitrogen and oxygen atoms in total. The van der Waals surface area contributed by atoms with Crippen LogP contribution in [0.3, 0.4) is 0 Å². The summed E-state index contributed by atoms with van der Waals surface area (Å²) in [5.74, 6) is -11.9. The number of carbonyl (C=O) groups is 14. The minimum absolute atomic E-state index is 0.00838. The van der Waals surface area contributed by atoms with Gasteiger partial charge in [-0.05, 0) is 118 Å². The van der Waals surface area contributed by atoms with E-state index in [1.807, 2.05) is 0 Å². The maximum Gasteiger partial charge on any atom is 0.312 e. The Bertz CT molecular complexity index is 4360. The standard InChI is InChI=1S/C85H137N25O20S/c1-2-3-31-62(101-82(124)68(54-111)105-75(117)61(34-24-42-93-83(87)88)97-72(114)55-129-49-48-128-47-45-92-70(112)39-27-50-131(126,127)108-71(113)38-19-14-12-10-8-6-4-5-7-9-11-13-18-37-69-106-109-110-107-69)76(118)102-65-40-41-73(115)130-46-23-22-33-60(74(86)116)98-81(123)67(52-57-53-96-59-32-21-20-30-58(57)59)104-78(120)64(35-25-43-94-84(89)90)100-80(122)66(51-56-28-16-15-17-29-56)103-77(119)63(99-79(65)121)36-26-44-95-85(91)125/h15-17,20-21,28-30,32,53,60-68,96,111H,2-14,18-19,22-27,31,33-52,54-55H2,1H3,(H2,86,116)(H,92,112)(H,97,114)(H,98,123)(H,99,121)(H,100,122)(H,101,124)(H,102,118)(H,103,119)(H,104,120)(H,105,117)(H,108,113)(H4,87,88,93)(H4,89,90,94)(H3,91,95,125)(H,106,107,109,110)/t60-,61-,62-,63-,64-,65-,66+,67-,68-/m0/s1. The SMILES string of the molecule is CCCC[C@H](NC(=O)[C@H](CO)NC(=O)[C@H](CCCNC(=N)N)NC(=O)COCCOCCNC(=O)CCCS(=O)(=O)NC(=O)CCCCCCCCCCCCCCCc1nnn[nH]1)C(=O)N[C@H]1CCC(=O)OCCCC[C@@H](C(N)=O)NC(=O)[C@H](Cc2c[nH]c3ccccc23)NC(=O)[C@H](CCCNC(=N)N)NC(=O)[C@@H](Cc2ccccc2)NC(=O)[C@H](CCCNC(N)=O)NC1=O. The third-order valence-corrected chi connectivity index (χ3v) is 22.7. The summed E-state index contributed by atoms with van der Waals surface area (Å²) in [6, 6.07) is 0.704. The maximum atomic E-state index is 15.0. The molecule has 14 amide bonds. The van der Waals surface area contributed by atoms with Crippen molar-refractivity contribution in [2.24, 2.45) is 22.9 Å². The number of amides is 14. The number of guanidine groups is 2. The molecular weight excluding hydrogens is 1720 g/mol. The van der Waals surface area contributed by atoms with Gasteiger partial charge >= 0.3 is 12.0 Å². The van der Waals surface area contributed by atoms with E-state index in [2.05, 4.69) is 99.4 Å². The molecule has 728 valence electrons. The van der Waals surface area contributed by atoms with Crippen molar-refractivity contribution in [1.82, 2.24) is 99.4 Å². The van der Waals surface area contributed by atoms with Crippen molar-refractivity contribution in [2.45, 2.75) is 273 Å². The molecule has 5 rings (SSSR count). The van der Waals surface area contributed by atoms with Gasteiger partial charge in [0, 0.05) is 81.8 Å². The lowest BCUT2D eigenvalue weighted by molar-refractivity contribution is -0.144. The maximum absolute atomic E-state index is 15.0. The summed E-state index contributed by atoms with van der Waals surface area (Å²) in [5, 5.41) is 74.3. The molecule has 1 saturated heterocycles. The monoisotopic (exact) mass is 1860 g/mol. The number of carbonyl (C=O) groups excluding carboxylic acids is 14. The van der Waals surface area contributed by atoms with E-state index < -0.39 is 179 Å². The number of hydrogen-bond donors (Lipinski definition) is 23. The molecule has 1 aliphatic rings. The zero-order valence-electron chi connectivity index (χ0n) is 74.8. The van der Waals surface area contributed by atoms with E-state index in [9.17, 15) is 71.1 Å². The van der Waals surface area contributed by atoms with Crippen molar-refractivity contribution in [3.05, 3.63) is 77.7 Å². The quantitative estimate of drug-likeness (QED) is 0.0110. The topological polar surface area (TPSA) is 711 Å². The second-order valence-electron chi connectivity index (χ2n) is 32.2. The Morgan fingerprint density at radius 3 is 1.75 bits per heavy atom. The predicted octanol–water partition coefficient (Wildman–Crippen LogP) is -0.941. The summed E-state index contributed by atoms with van der Waals surface area (Å²) < 4.78 is 43.8. The Hall–Kier alpha value is -12.2. The van der Waals surface area contributed by atoms with Crippen LogP contribution in [0.4, 0.5) is 4.79 Å². The van der Waals surface area contributed by atoms with Crippen molar-refractivity contribution in [1.29, 1.82) is 10.8 Å². The fourth-order valence-electron chi connectivity index (χ4n) is 14.2. The van der Waals surface area contributed by atoms with Gasteiger partial charge in [-0.15, -0.1) is 5.10 Å². The third-order valence-electron chi connectivity index (χ3n) is 21.3. The zero-order valence-corrected chi connectivity index (χ0v) is 75.7. The Morgan fingerprint density at radius 2 is 1.11 bits per heavy atom. The van der Waals surface area contributed by atoms with Crippen molar-refractivity contribution < 1.29 is 94.9 Å². The number of primary amides is 2. The number of aliphatic hydroxyl groups excluding tert-OH is 1. The van der Waals surface area contributed by atoms with Crippen molar-refractivity contribution in [3.8, 4) is 0 Å². The van der Waals surface area contributed by atoms with E-state index in [1.54, 1.807) is 67.7 Å². The van der Waals surface area contributed by atoms with Crippen molar-refractivity contribution >= 4 is 116 Å². The van der Waals surface area contributed by atoms with E-state index in [-0.39, 0.29) is 167 Å². The number of sulfonamides is 1. The minimum Gasteiger partial charge on any atom is -0.466 e. The fraction of sp³-hybridized carbons (Fsp3) is 0.635. The van der Waals surface area contributed by atoms with Crippen LogP contribution in [0.25, 0.3) is 10.9 Å². The van der Waals surface area contributed by atoms with Gasteiger partial charge in [0.25, 0.3) is 0 Å². The number of ether oxygens (including phenoxy) is 3. The normalized spacial score (nSPS) is 17.6. The highest BCUT2D eigenvalue weighted by Gasteiger charge is 2.37. The number of H-pyrrole nitrogens is 2. The molecule has 0 saturated carbocycles. The number of para-hydroxylation sites is 1. The smallest absolute Gasteiger partial charge is 0.312 e. The molecular formula is C85H137N25O20S. The highest BCUT2D eigenvalue weighted by atomic mass is 32.2. The first kappa shape index (κ1) is 109. The van der Waals surface area contributed by atoms with Crippen LogP contribution in [-0.2, 0) is 106 Å². The van der Waals surface area contributed by atoms with Crippen molar-refractivity contribution in [3.63, 3.8) is 0 Å². The number of nitrogens with two attached hydrogens (primary N) is 4. The molecule has 4 aromatic rings. The molecule has 0 bridgehead atoms. The number of nitrogens with one attached hydrogen (secondary N) is 18. The second kappa shape index (κ2) is 62.9. The largest absolute Gasteiger partial charge is 0.466 e. The Labute approximate surface area is 762 Å². The van der Waals surface area contributed by atoms with Gasteiger partial charge in [0.05, 0.1) is 38.8 Å². The first-order valence-corrected chi connectivity index (χ1v) is 46.8. The molecule has 1 fully saturated rings. The number of urea groups is 1. The lowest BCUT2D eigenvalue weighted by Gasteiger charge is -2.28. The van der Waals surface area contributed by atoms with Crippen LogP contribution in [0.2, 0.25) is 0 Å². The lowest BCUT2D eigenvalue weighted by atomic mass is 10.0. The van der Waals surface area contributed by atoms with Gasteiger partial charge in [-0.3, -0.25) is 77.9 Å². The number of aryl methyl sites for hydroxylation is 1. The zero-order chi connectivity index (χ0) is 95.6. The van der Waals surface area contributed by atoms with Gasteiger partial charge in [-0.2, -0.15) is 0 Å². The summed E-state index contributed by atoms with van der Waals surface area (Å²) in [7, 11) is -3.96. The van der Waals surface area contributed by atoms with Gasteiger partial charge in [0.1, 0.15) is 66.8 Å². The first-order chi connectivity index (χ1) is 62.9. The number of rotatable bonds is 57. The molecule has 27 N–H and O–H groups in total. The molecule has 1 aliphatic heterocycles. The van der Waals surface area contributed by atoms with Crippen molar-refractivity contribution in [2.75, 3.05) is 71.6 Å². The summed E-state index contributed by atoms with van der Waals surface area (Å²) in [5.41, 5.74) is 24.1. The molecule has 0 radical (unpaired) electrons. The van der Waals surface area contributed by atoms with Crippen LogP contribution in [0.15, 0.2) is 60.8 Å². The minimum atomic E-state index is -3.96. The number of aliphatic hydroxyl groups is 1. The summed E-state index contributed by atoms with van der Waals surface area (Å²) in [4.78, 5) is 198. The fourth-order valence-corrected chi connectivity index (χ4v) is 15.3.